The Labute approximate surface area is 161 Å². The van der Waals surface area contributed by atoms with Crippen molar-refractivity contribution in [2.24, 2.45) is 0 Å². The molecule has 1 amide bonds. The minimum absolute atomic E-state index is 0.00780. The van der Waals surface area contributed by atoms with Gasteiger partial charge in [-0.1, -0.05) is 18.1 Å². The summed E-state index contributed by atoms with van der Waals surface area (Å²) in [6, 6.07) is 12.6. The second kappa shape index (κ2) is 8.59. The Kier molecular flexibility index (Phi) is 5.97. The fourth-order valence-electron chi connectivity index (χ4n) is 2.43. The summed E-state index contributed by atoms with van der Waals surface area (Å²) in [7, 11) is 3.11. The smallest absolute Gasteiger partial charge is 0.322 e. The molecule has 7 nitrogen and oxygen atoms in total. The molecule has 0 aliphatic carbocycles. The topological polar surface area (TPSA) is 86.5 Å². The van der Waals surface area contributed by atoms with Gasteiger partial charge in [-0.05, 0) is 42.2 Å². The fourth-order valence-corrected chi connectivity index (χ4v) is 3.15. The average Bonchev–Trinajstić information content (AvgIpc) is 3.16. The third kappa shape index (κ3) is 4.40. The molecule has 0 saturated carbocycles. The summed E-state index contributed by atoms with van der Waals surface area (Å²) >= 11 is 1.66. The summed E-state index contributed by atoms with van der Waals surface area (Å²) in [6.07, 6.45) is 0. The summed E-state index contributed by atoms with van der Waals surface area (Å²) in [5.74, 6) is 2.01. The number of hydrogen-bond donors (Lipinski definition) is 1. The maximum atomic E-state index is 12.4. The number of nitrogens with zero attached hydrogens (tertiary/aromatic N) is 2. The van der Waals surface area contributed by atoms with E-state index in [1.807, 2.05) is 18.2 Å². The summed E-state index contributed by atoms with van der Waals surface area (Å²) in [5, 5.41) is 10.5. The largest absolute Gasteiger partial charge is 0.497 e. The number of amides is 1. The van der Waals surface area contributed by atoms with Gasteiger partial charge >= 0.3 is 6.01 Å². The highest BCUT2D eigenvalue weighted by Crippen LogP contribution is 2.33. The molecule has 8 heteroatoms. The quantitative estimate of drug-likeness (QED) is 0.612. The van der Waals surface area contributed by atoms with E-state index >= 15 is 0 Å². The van der Waals surface area contributed by atoms with Gasteiger partial charge in [-0.2, -0.15) is 0 Å². The lowest BCUT2D eigenvalue weighted by atomic mass is 10.2. The molecule has 0 saturated heterocycles. The Balaban J connectivity index is 1.80. The number of hydrogen-bond acceptors (Lipinski definition) is 7. The first kappa shape index (κ1) is 18.8. The first-order valence-corrected chi connectivity index (χ1v) is 9.23. The molecule has 2 aromatic carbocycles. The van der Waals surface area contributed by atoms with Crippen LogP contribution < -0.4 is 14.8 Å². The lowest BCUT2D eigenvalue weighted by Gasteiger charge is -2.07. The predicted octanol–water partition coefficient (Wildman–Crippen LogP) is 4.12. The van der Waals surface area contributed by atoms with Gasteiger partial charge in [0, 0.05) is 10.5 Å². The van der Waals surface area contributed by atoms with Crippen LogP contribution in [0.15, 0.2) is 51.8 Å². The Morgan fingerprint density at radius 1 is 1.15 bits per heavy atom. The van der Waals surface area contributed by atoms with Crippen molar-refractivity contribution < 1.29 is 18.7 Å². The van der Waals surface area contributed by atoms with E-state index in [1.165, 1.54) is 0 Å². The summed E-state index contributed by atoms with van der Waals surface area (Å²) in [5.41, 5.74) is 1.10. The van der Waals surface area contributed by atoms with Crippen LogP contribution in [0.2, 0.25) is 0 Å². The third-order valence-electron chi connectivity index (χ3n) is 3.69. The number of carbonyl (C=O) groups is 1. The molecule has 140 valence electrons. The second-order valence-electron chi connectivity index (χ2n) is 5.39. The number of thioether (sulfide) groups is 1. The second-order valence-corrected chi connectivity index (χ2v) is 6.73. The van der Waals surface area contributed by atoms with Gasteiger partial charge in [0.15, 0.2) is 0 Å². The molecule has 1 heterocycles. The number of methoxy groups -OCH3 is 2. The summed E-state index contributed by atoms with van der Waals surface area (Å²) < 4.78 is 16.1. The van der Waals surface area contributed by atoms with E-state index in [0.29, 0.717) is 22.6 Å². The normalized spacial score (nSPS) is 10.5. The number of rotatable bonds is 7. The first-order valence-electron chi connectivity index (χ1n) is 8.24. The molecule has 1 aromatic heterocycles. The van der Waals surface area contributed by atoms with Gasteiger partial charge in [0.1, 0.15) is 11.5 Å². The lowest BCUT2D eigenvalue weighted by Crippen LogP contribution is -2.12. The van der Waals surface area contributed by atoms with Crippen molar-refractivity contribution in [1.29, 1.82) is 0 Å². The van der Waals surface area contributed by atoms with Crippen molar-refractivity contribution in [1.82, 2.24) is 10.2 Å². The first-order chi connectivity index (χ1) is 13.1. The van der Waals surface area contributed by atoms with Crippen LogP contribution in [0, 0.1) is 0 Å². The van der Waals surface area contributed by atoms with Gasteiger partial charge in [0.05, 0.1) is 19.8 Å². The summed E-state index contributed by atoms with van der Waals surface area (Å²) in [6.45, 7) is 2.06. The number of carbonyl (C=O) groups excluding carboxylic acids is 1. The van der Waals surface area contributed by atoms with E-state index in [1.54, 1.807) is 50.2 Å². The molecule has 0 aliphatic rings. The van der Waals surface area contributed by atoms with E-state index in [4.69, 9.17) is 13.9 Å². The fraction of sp³-hybridized carbons (Fsp3) is 0.211. The van der Waals surface area contributed by atoms with Crippen LogP contribution in [0.3, 0.4) is 0 Å². The van der Waals surface area contributed by atoms with Gasteiger partial charge < -0.3 is 13.9 Å². The van der Waals surface area contributed by atoms with Crippen molar-refractivity contribution >= 4 is 23.7 Å². The molecule has 1 N–H and O–H groups in total. The molecule has 3 rings (SSSR count). The molecule has 3 aromatic rings. The number of anilines is 1. The minimum Gasteiger partial charge on any atom is -0.497 e. The third-order valence-corrected chi connectivity index (χ3v) is 4.57. The average molecular weight is 385 g/mol. The number of aromatic nitrogens is 2. The van der Waals surface area contributed by atoms with Gasteiger partial charge in [-0.3, -0.25) is 10.1 Å². The van der Waals surface area contributed by atoms with E-state index in [9.17, 15) is 4.79 Å². The Morgan fingerprint density at radius 3 is 2.74 bits per heavy atom. The van der Waals surface area contributed by atoms with Crippen molar-refractivity contribution in [3.8, 4) is 23.0 Å². The number of nitrogens with one attached hydrogen (secondary N) is 1. The molecule has 0 spiro atoms. The van der Waals surface area contributed by atoms with Crippen LogP contribution in [0.1, 0.15) is 17.3 Å². The van der Waals surface area contributed by atoms with Gasteiger partial charge in [-0.15, -0.1) is 16.9 Å². The van der Waals surface area contributed by atoms with E-state index < -0.39 is 0 Å². The van der Waals surface area contributed by atoms with Crippen LogP contribution in [0.5, 0.6) is 11.5 Å². The molecular weight excluding hydrogens is 366 g/mol. The number of benzene rings is 2. The van der Waals surface area contributed by atoms with Crippen molar-refractivity contribution in [3.05, 3.63) is 48.0 Å². The van der Waals surface area contributed by atoms with Crippen LogP contribution in [-0.2, 0) is 0 Å². The predicted molar refractivity (Wildman–Crippen MR) is 104 cm³/mol. The highest BCUT2D eigenvalue weighted by Gasteiger charge is 2.17. The molecule has 0 bridgehead atoms. The van der Waals surface area contributed by atoms with Crippen molar-refractivity contribution in [2.45, 2.75) is 11.8 Å². The zero-order valence-corrected chi connectivity index (χ0v) is 16.0. The van der Waals surface area contributed by atoms with E-state index in [2.05, 4.69) is 22.4 Å². The molecular formula is C19H19N3O4S. The van der Waals surface area contributed by atoms with Crippen molar-refractivity contribution in [2.75, 3.05) is 25.3 Å². The highest BCUT2D eigenvalue weighted by molar-refractivity contribution is 7.99. The standard InChI is InChI=1S/C19H19N3O4S/c1-4-27-14-7-5-6-12(10-14)17(23)20-19-22-21-18(26-19)15-11-13(24-2)8-9-16(15)25-3/h5-11H,4H2,1-3H3,(H,20,22,23). The van der Waals surface area contributed by atoms with Crippen LogP contribution >= 0.6 is 11.8 Å². The van der Waals surface area contributed by atoms with Crippen LogP contribution in [0.4, 0.5) is 6.01 Å². The summed E-state index contributed by atoms with van der Waals surface area (Å²) in [4.78, 5) is 13.5. The van der Waals surface area contributed by atoms with Gasteiger partial charge in [-0.25, -0.2) is 0 Å². The monoisotopic (exact) mass is 385 g/mol. The van der Waals surface area contributed by atoms with Gasteiger partial charge in [0.25, 0.3) is 11.8 Å². The zero-order valence-electron chi connectivity index (χ0n) is 15.2. The minimum atomic E-state index is -0.318. The molecule has 0 atom stereocenters. The van der Waals surface area contributed by atoms with Crippen molar-refractivity contribution in [3.63, 3.8) is 0 Å². The SMILES string of the molecule is CCSc1cccc(C(=O)Nc2nnc(-c3cc(OC)ccc3OC)o2)c1. The maximum absolute atomic E-state index is 12.4. The molecule has 0 aliphatic heterocycles. The van der Waals surface area contributed by atoms with E-state index in [0.717, 1.165) is 10.6 Å². The Hall–Kier alpha value is -3.00. The van der Waals surface area contributed by atoms with Crippen LogP contribution in [-0.4, -0.2) is 36.1 Å². The van der Waals surface area contributed by atoms with Crippen LogP contribution in [0.25, 0.3) is 11.5 Å². The Morgan fingerprint density at radius 2 is 2.00 bits per heavy atom. The molecule has 0 radical (unpaired) electrons. The maximum Gasteiger partial charge on any atom is 0.322 e. The van der Waals surface area contributed by atoms with E-state index in [-0.39, 0.29) is 17.8 Å². The number of ether oxygens (including phenoxy) is 2. The zero-order chi connectivity index (χ0) is 19.2. The lowest BCUT2D eigenvalue weighted by molar-refractivity contribution is 0.102. The molecule has 0 unspecified atom stereocenters. The highest BCUT2D eigenvalue weighted by atomic mass is 32.2. The molecule has 0 fully saturated rings. The Bertz CT molecular complexity index is 942. The van der Waals surface area contributed by atoms with Gasteiger partial charge in [0.2, 0.25) is 0 Å². The molecule has 27 heavy (non-hydrogen) atoms.